The van der Waals surface area contributed by atoms with Crippen LogP contribution in [0.15, 0.2) is 24.3 Å². The first-order valence-electron chi connectivity index (χ1n) is 7.45. The number of hydrogen-bond donors (Lipinski definition) is 1. The van der Waals surface area contributed by atoms with Gasteiger partial charge in [0.1, 0.15) is 0 Å². The van der Waals surface area contributed by atoms with E-state index < -0.39 is 0 Å². The van der Waals surface area contributed by atoms with Crippen molar-refractivity contribution in [3.05, 3.63) is 29.8 Å². The van der Waals surface area contributed by atoms with Crippen molar-refractivity contribution in [2.24, 2.45) is 11.8 Å². The minimum absolute atomic E-state index is 0.106. The molecule has 22 heavy (non-hydrogen) atoms. The lowest BCUT2D eigenvalue weighted by Gasteiger charge is -2.20. The largest absolute Gasteiger partial charge is 0.493 e. The topological polar surface area (TPSA) is 56.8 Å². The fraction of sp³-hybridized carbons (Fsp3) is 0.471. The van der Waals surface area contributed by atoms with E-state index in [1.54, 1.807) is 33.5 Å². The number of fused-ring (bicyclic) bond motifs is 2. The van der Waals surface area contributed by atoms with Gasteiger partial charge in [-0.1, -0.05) is 12.2 Å². The van der Waals surface area contributed by atoms with E-state index in [1.807, 2.05) is 0 Å². The Hall–Kier alpha value is -2.17. The molecule has 3 atom stereocenters. The van der Waals surface area contributed by atoms with E-state index in [4.69, 9.17) is 14.2 Å². The monoisotopic (exact) mass is 303 g/mol. The molecule has 5 nitrogen and oxygen atoms in total. The molecule has 1 saturated carbocycles. The summed E-state index contributed by atoms with van der Waals surface area (Å²) in [5.41, 5.74) is 0.515. The summed E-state index contributed by atoms with van der Waals surface area (Å²) in [5, 5.41) is 3.12. The molecule has 3 unspecified atom stereocenters. The number of nitrogens with one attached hydrogen (secondary N) is 1. The van der Waals surface area contributed by atoms with Crippen molar-refractivity contribution < 1.29 is 19.0 Å². The van der Waals surface area contributed by atoms with E-state index in [0.29, 0.717) is 34.6 Å². The average molecular weight is 303 g/mol. The van der Waals surface area contributed by atoms with E-state index in [1.165, 1.54) is 0 Å². The third-order valence-corrected chi connectivity index (χ3v) is 4.52. The lowest BCUT2D eigenvalue weighted by atomic mass is 10.0. The molecule has 2 aliphatic rings. The average Bonchev–Trinajstić information content (AvgIpc) is 3.15. The summed E-state index contributed by atoms with van der Waals surface area (Å²) in [7, 11) is 4.63. The molecular weight excluding hydrogens is 282 g/mol. The summed E-state index contributed by atoms with van der Waals surface area (Å²) >= 11 is 0. The van der Waals surface area contributed by atoms with Gasteiger partial charge >= 0.3 is 0 Å². The smallest absolute Gasteiger partial charge is 0.251 e. The molecule has 3 rings (SSSR count). The zero-order valence-electron chi connectivity index (χ0n) is 13.1. The lowest BCUT2D eigenvalue weighted by Crippen LogP contribution is -2.37. The van der Waals surface area contributed by atoms with Crippen molar-refractivity contribution in [1.82, 2.24) is 5.32 Å². The predicted octanol–water partition coefficient (Wildman–Crippen LogP) is 2.41. The number of hydrogen-bond acceptors (Lipinski definition) is 4. The highest BCUT2D eigenvalue weighted by molar-refractivity contribution is 5.96. The van der Waals surface area contributed by atoms with Crippen LogP contribution in [0, 0.1) is 11.8 Å². The minimum Gasteiger partial charge on any atom is -0.493 e. The SMILES string of the molecule is COc1cc(C(=O)NC2CC3C=CC2C3)cc(OC)c1OC. The summed E-state index contributed by atoms with van der Waals surface area (Å²) in [4.78, 5) is 12.5. The van der Waals surface area contributed by atoms with Crippen molar-refractivity contribution in [3.63, 3.8) is 0 Å². The molecule has 0 radical (unpaired) electrons. The van der Waals surface area contributed by atoms with Crippen molar-refractivity contribution >= 4 is 5.91 Å². The van der Waals surface area contributed by atoms with Gasteiger partial charge in [-0.3, -0.25) is 4.79 Å². The summed E-state index contributed by atoms with van der Waals surface area (Å²) in [5.74, 6) is 2.44. The van der Waals surface area contributed by atoms with Crippen molar-refractivity contribution in [3.8, 4) is 17.2 Å². The van der Waals surface area contributed by atoms with Gasteiger partial charge in [0, 0.05) is 11.6 Å². The van der Waals surface area contributed by atoms with Gasteiger partial charge < -0.3 is 19.5 Å². The maximum absolute atomic E-state index is 12.5. The highest BCUT2D eigenvalue weighted by Crippen LogP contribution is 2.40. The van der Waals surface area contributed by atoms with Crippen LogP contribution >= 0.6 is 0 Å². The number of amides is 1. The molecule has 5 heteroatoms. The Morgan fingerprint density at radius 1 is 1.05 bits per heavy atom. The molecule has 118 valence electrons. The van der Waals surface area contributed by atoms with Crippen LogP contribution in [-0.2, 0) is 0 Å². The Morgan fingerprint density at radius 3 is 2.18 bits per heavy atom. The maximum Gasteiger partial charge on any atom is 0.251 e. The Kier molecular flexibility index (Phi) is 3.96. The molecule has 1 amide bonds. The molecule has 0 saturated heterocycles. The highest BCUT2D eigenvalue weighted by atomic mass is 16.5. The van der Waals surface area contributed by atoms with E-state index in [-0.39, 0.29) is 11.9 Å². The van der Waals surface area contributed by atoms with Gasteiger partial charge in [0.25, 0.3) is 5.91 Å². The summed E-state index contributed by atoms with van der Waals surface area (Å²) < 4.78 is 15.9. The second-order valence-corrected chi connectivity index (χ2v) is 5.77. The maximum atomic E-state index is 12.5. The number of carbonyl (C=O) groups is 1. The molecule has 1 N–H and O–H groups in total. The molecule has 0 aliphatic heterocycles. The molecule has 0 spiro atoms. The van der Waals surface area contributed by atoms with E-state index in [2.05, 4.69) is 17.5 Å². The van der Waals surface area contributed by atoms with Crippen LogP contribution in [0.1, 0.15) is 23.2 Å². The van der Waals surface area contributed by atoms with E-state index in [0.717, 1.165) is 12.8 Å². The van der Waals surface area contributed by atoms with Crippen LogP contribution in [0.2, 0.25) is 0 Å². The second-order valence-electron chi connectivity index (χ2n) is 5.77. The van der Waals surface area contributed by atoms with Crippen LogP contribution in [0.5, 0.6) is 17.2 Å². The Bertz CT molecular complexity index is 586. The van der Waals surface area contributed by atoms with Crippen LogP contribution in [-0.4, -0.2) is 33.3 Å². The zero-order chi connectivity index (χ0) is 15.7. The number of benzene rings is 1. The van der Waals surface area contributed by atoms with Gasteiger partial charge in [0.2, 0.25) is 5.75 Å². The van der Waals surface area contributed by atoms with Crippen molar-refractivity contribution in [2.75, 3.05) is 21.3 Å². The Balaban J connectivity index is 1.81. The Morgan fingerprint density at radius 2 is 1.73 bits per heavy atom. The molecule has 1 fully saturated rings. The van der Waals surface area contributed by atoms with Gasteiger partial charge in [-0.05, 0) is 36.8 Å². The minimum atomic E-state index is -0.106. The lowest BCUT2D eigenvalue weighted by molar-refractivity contribution is 0.0930. The first kappa shape index (κ1) is 14.8. The van der Waals surface area contributed by atoms with Gasteiger partial charge in [-0.2, -0.15) is 0 Å². The van der Waals surface area contributed by atoms with Gasteiger partial charge in [0.15, 0.2) is 11.5 Å². The van der Waals surface area contributed by atoms with E-state index in [9.17, 15) is 4.79 Å². The first-order chi connectivity index (χ1) is 10.7. The second kappa shape index (κ2) is 5.91. The third kappa shape index (κ3) is 2.51. The highest BCUT2D eigenvalue weighted by Gasteiger charge is 2.36. The number of methoxy groups -OCH3 is 3. The first-order valence-corrected chi connectivity index (χ1v) is 7.45. The number of rotatable bonds is 5. The fourth-order valence-electron chi connectivity index (χ4n) is 3.41. The van der Waals surface area contributed by atoms with E-state index >= 15 is 0 Å². The van der Waals surface area contributed by atoms with Crippen LogP contribution in [0.4, 0.5) is 0 Å². The Labute approximate surface area is 130 Å². The van der Waals surface area contributed by atoms with Crippen LogP contribution < -0.4 is 19.5 Å². The van der Waals surface area contributed by atoms with Gasteiger partial charge in [-0.15, -0.1) is 0 Å². The van der Waals surface area contributed by atoms with Crippen LogP contribution in [0.25, 0.3) is 0 Å². The molecule has 2 bridgehead atoms. The normalized spacial score (nSPS) is 25.1. The fourth-order valence-corrected chi connectivity index (χ4v) is 3.41. The summed E-state index contributed by atoms with van der Waals surface area (Å²) in [6, 6.07) is 3.58. The molecule has 2 aliphatic carbocycles. The molecule has 1 aromatic rings. The molecule has 1 aromatic carbocycles. The van der Waals surface area contributed by atoms with Crippen molar-refractivity contribution in [1.29, 1.82) is 0 Å². The van der Waals surface area contributed by atoms with Crippen LogP contribution in [0.3, 0.4) is 0 Å². The van der Waals surface area contributed by atoms with Crippen molar-refractivity contribution in [2.45, 2.75) is 18.9 Å². The predicted molar refractivity (Wildman–Crippen MR) is 82.7 cm³/mol. The molecule has 0 aromatic heterocycles. The quantitative estimate of drug-likeness (QED) is 0.849. The number of carbonyl (C=O) groups excluding carboxylic acids is 1. The summed E-state index contributed by atoms with van der Waals surface area (Å²) in [6.07, 6.45) is 6.65. The molecule has 0 heterocycles. The number of allylic oxidation sites excluding steroid dienone is 1. The number of ether oxygens (including phenoxy) is 3. The third-order valence-electron chi connectivity index (χ3n) is 4.52. The van der Waals surface area contributed by atoms with Gasteiger partial charge in [0.05, 0.1) is 21.3 Å². The zero-order valence-corrected chi connectivity index (χ0v) is 13.1. The standard InChI is InChI=1S/C17H21NO4/c1-20-14-8-12(9-15(21-2)16(14)22-3)17(19)18-13-7-10-4-5-11(13)6-10/h4-5,8-11,13H,6-7H2,1-3H3,(H,18,19). The summed E-state index contributed by atoms with van der Waals surface area (Å²) in [6.45, 7) is 0. The van der Waals surface area contributed by atoms with Gasteiger partial charge in [-0.25, -0.2) is 0 Å². The molecular formula is C17H21NO4.